The molecule has 0 saturated heterocycles. The molecule has 2 aromatic rings. The zero-order chi connectivity index (χ0) is 9.42. The van der Waals surface area contributed by atoms with Crippen molar-refractivity contribution in [2.24, 2.45) is 0 Å². The number of aromatic nitrogens is 2. The van der Waals surface area contributed by atoms with Crippen molar-refractivity contribution in [3.63, 3.8) is 0 Å². The maximum absolute atomic E-state index is 13.1. The highest BCUT2D eigenvalue weighted by atomic mass is 19.2. The Balaban J connectivity index is 3.06. The van der Waals surface area contributed by atoms with Crippen LogP contribution in [-0.4, -0.2) is 9.77 Å². The predicted octanol–water partition coefficient (Wildman–Crippen LogP) is 1.44. The molecule has 0 saturated carbocycles. The van der Waals surface area contributed by atoms with E-state index < -0.39 is 5.56 Å². The van der Waals surface area contributed by atoms with Gasteiger partial charge < -0.3 is 0 Å². The Hall–Kier alpha value is -1.71. The number of halogens is 1. The van der Waals surface area contributed by atoms with E-state index in [0.29, 0.717) is 11.1 Å². The van der Waals surface area contributed by atoms with E-state index in [-0.39, 0.29) is 10.3 Å². The molecular weight excluding hydrogens is 171 g/mol. The predicted molar refractivity (Wildman–Crippen MR) is 47.2 cm³/mol. The van der Waals surface area contributed by atoms with Gasteiger partial charge in [-0.05, 0) is 24.6 Å². The van der Waals surface area contributed by atoms with E-state index in [4.69, 9.17) is 0 Å². The van der Waals surface area contributed by atoms with Gasteiger partial charge in [0.2, 0.25) is 0 Å². The number of hydrogen-bond acceptors (Lipinski definition) is 2. The molecule has 0 N–H and O–H groups in total. The van der Waals surface area contributed by atoms with E-state index in [1.807, 2.05) is 0 Å². The normalized spacial score (nSPS) is 10.6. The summed E-state index contributed by atoms with van der Waals surface area (Å²) in [5, 5.41) is 0. The van der Waals surface area contributed by atoms with E-state index in [9.17, 15) is 9.28 Å². The molecule has 0 aromatic carbocycles. The molecule has 4 heteroatoms. The highest BCUT2D eigenvalue weighted by molar-refractivity contribution is 5.77. The van der Waals surface area contributed by atoms with Gasteiger partial charge in [-0.2, -0.15) is 0 Å². The molecule has 2 aromatic heterocycles. The van der Waals surface area contributed by atoms with Crippen molar-refractivity contribution in [1.82, 2.24) is 9.77 Å². The molecule has 0 aliphatic carbocycles. The van der Waals surface area contributed by atoms with Gasteiger partial charge in [-0.3, -0.25) is 9.78 Å². The quantitative estimate of drug-likeness (QED) is 0.611. The van der Waals surface area contributed by atoms with Crippen LogP contribution in [-0.2, 0) is 0 Å². The molecule has 0 amide bonds. The van der Waals surface area contributed by atoms with Gasteiger partial charge >= 0.3 is 0 Å². The Morgan fingerprint density at radius 3 is 3.08 bits per heavy atom. The summed E-state index contributed by atoms with van der Waals surface area (Å²) in [7, 11) is 0. The van der Waals surface area contributed by atoms with Crippen molar-refractivity contribution in [3.8, 4) is 0 Å². The summed E-state index contributed by atoms with van der Waals surface area (Å²) in [6.45, 7) is 1.73. The second kappa shape index (κ2) is 2.65. The third-order valence-electron chi connectivity index (χ3n) is 1.90. The SMILES string of the molecule is Cc1cc(=O)n(F)c2cccnc12. The Labute approximate surface area is 73.4 Å². The van der Waals surface area contributed by atoms with E-state index in [1.165, 1.54) is 12.1 Å². The smallest absolute Gasteiger partial charge is 0.267 e. The fourth-order valence-corrected chi connectivity index (χ4v) is 1.29. The summed E-state index contributed by atoms with van der Waals surface area (Å²) in [5.41, 5.74) is 0.768. The Morgan fingerprint density at radius 1 is 1.54 bits per heavy atom. The zero-order valence-electron chi connectivity index (χ0n) is 6.99. The largest absolute Gasteiger partial charge is 0.279 e. The molecule has 0 aliphatic heterocycles. The van der Waals surface area contributed by atoms with Crippen LogP contribution in [0.5, 0.6) is 0 Å². The Bertz CT molecular complexity index is 518. The molecule has 2 rings (SSSR count). The molecule has 66 valence electrons. The second-order valence-electron chi connectivity index (χ2n) is 2.82. The monoisotopic (exact) mass is 178 g/mol. The van der Waals surface area contributed by atoms with Crippen LogP contribution in [0.25, 0.3) is 11.0 Å². The molecule has 0 bridgehead atoms. The number of nitrogens with zero attached hydrogens (tertiary/aromatic N) is 2. The summed E-state index contributed by atoms with van der Waals surface area (Å²) in [5.74, 6) is 0. The Kier molecular flexibility index (Phi) is 1.62. The first-order valence-corrected chi connectivity index (χ1v) is 3.83. The molecule has 0 aliphatic rings. The van der Waals surface area contributed by atoms with Crippen LogP contribution in [0, 0.1) is 6.92 Å². The van der Waals surface area contributed by atoms with Crippen LogP contribution in [0.3, 0.4) is 0 Å². The lowest BCUT2D eigenvalue weighted by molar-refractivity contribution is 0.370. The van der Waals surface area contributed by atoms with Gasteiger partial charge in [-0.1, -0.05) is 4.48 Å². The van der Waals surface area contributed by atoms with Crippen molar-refractivity contribution in [3.05, 3.63) is 40.3 Å². The van der Waals surface area contributed by atoms with Gasteiger partial charge in [-0.15, -0.1) is 4.79 Å². The van der Waals surface area contributed by atoms with Gasteiger partial charge in [0.25, 0.3) is 5.56 Å². The molecule has 2 heterocycles. The molecule has 0 fully saturated rings. The van der Waals surface area contributed by atoms with Gasteiger partial charge in [-0.25, -0.2) is 0 Å². The van der Waals surface area contributed by atoms with Crippen LogP contribution < -0.4 is 5.56 Å². The van der Waals surface area contributed by atoms with Crippen LogP contribution >= 0.6 is 0 Å². The second-order valence-corrected chi connectivity index (χ2v) is 2.82. The van der Waals surface area contributed by atoms with Crippen molar-refractivity contribution < 1.29 is 4.48 Å². The molecular formula is C9H7FN2O. The highest BCUT2D eigenvalue weighted by Crippen LogP contribution is 2.12. The third kappa shape index (κ3) is 1.11. The van der Waals surface area contributed by atoms with E-state index in [0.717, 1.165) is 0 Å². The molecule has 0 atom stereocenters. The first-order chi connectivity index (χ1) is 6.20. The van der Waals surface area contributed by atoms with Crippen LogP contribution in [0.15, 0.2) is 29.2 Å². The molecule has 3 nitrogen and oxygen atoms in total. The first-order valence-electron chi connectivity index (χ1n) is 3.83. The average molecular weight is 178 g/mol. The summed E-state index contributed by atoms with van der Waals surface area (Å²) < 4.78 is 13.1. The molecule has 13 heavy (non-hydrogen) atoms. The maximum atomic E-state index is 13.1. The average Bonchev–Trinajstić information content (AvgIpc) is 2.15. The number of fused-ring (bicyclic) bond motifs is 1. The maximum Gasteiger partial charge on any atom is 0.279 e. The van der Waals surface area contributed by atoms with Crippen molar-refractivity contribution in [2.45, 2.75) is 6.92 Å². The number of aryl methyl sites for hydroxylation is 1. The van der Waals surface area contributed by atoms with Crippen molar-refractivity contribution in [2.75, 3.05) is 0 Å². The minimum atomic E-state index is -0.655. The fourth-order valence-electron chi connectivity index (χ4n) is 1.29. The standard InChI is InChI=1S/C9H7FN2O/c1-6-5-8(13)12(10)7-3-2-4-11-9(6)7/h2-5H,1H3. The summed E-state index contributed by atoms with van der Waals surface area (Å²) in [6, 6.07) is 4.35. The number of pyridine rings is 2. The van der Waals surface area contributed by atoms with Crippen LogP contribution in [0.2, 0.25) is 0 Å². The van der Waals surface area contributed by atoms with Gasteiger partial charge in [0.1, 0.15) is 5.52 Å². The molecule has 0 radical (unpaired) electrons. The minimum Gasteiger partial charge on any atom is -0.267 e. The van der Waals surface area contributed by atoms with E-state index in [2.05, 4.69) is 4.98 Å². The molecule has 0 unspecified atom stereocenters. The van der Waals surface area contributed by atoms with Gasteiger partial charge in [0.05, 0.1) is 5.52 Å². The van der Waals surface area contributed by atoms with Gasteiger partial charge in [0.15, 0.2) is 0 Å². The lowest BCUT2D eigenvalue weighted by Gasteiger charge is -2.01. The topological polar surface area (TPSA) is 34.9 Å². The number of rotatable bonds is 0. The first kappa shape index (κ1) is 7.91. The lowest BCUT2D eigenvalue weighted by atomic mass is 10.2. The van der Waals surface area contributed by atoms with Crippen LogP contribution in [0.1, 0.15) is 5.56 Å². The third-order valence-corrected chi connectivity index (χ3v) is 1.90. The Morgan fingerprint density at radius 2 is 2.31 bits per heavy atom. The summed E-state index contributed by atoms with van der Waals surface area (Å²) >= 11 is 0. The fraction of sp³-hybridized carbons (Fsp3) is 0.111. The lowest BCUT2D eigenvalue weighted by Crippen LogP contribution is -2.13. The number of hydrogen-bond donors (Lipinski definition) is 0. The summed E-state index contributed by atoms with van der Waals surface area (Å²) in [4.78, 5) is 15.1. The van der Waals surface area contributed by atoms with Crippen molar-refractivity contribution >= 4 is 11.0 Å². The van der Waals surface area contributed by atoms with E-state index in [1.54, 1.807) is 19.2 Å². The van der Waals surface area contributed by atoms with E-state index >= 15 is 0 Å². The minimum absolute atomic E-state index is 0.106. The van der Waals surface area contributed by atoms with Crippen LogP contribution in [0.4, 0.5) is 4.48 Å². The van der Waals surface area contributed by atoms with Crippen molar-refractivity contribution in [1.29, 1.82) is 0 Å². The zero-order valence-corrected chi connectivity index (χ0v) is 6.99. The summed E-state index contributed by atoms with van der Waals surface area (Å²) in [6.07, 6.45) is 1.57. The highest BCUT2D eigenvalue weighted by Gasteiger charge is 2.05. The van der Waals surface area contributed by atoms with Gasteiger partial charge in [0, 0.05) is 12.3 Å². The molecule has 0 spiro atoms.